The van der Waals surface area contributed by atoms with Crippen LogP contribution in [0.5, 0.6) is 0 Å². The highest BCUT2D eigenvalue weighted by atomic mass is 16.2. The van der Waals surface area contributed by atoms with Gasteiger partial charge >= 0.3 is 0 Å². The summed E-state index contributed by atoms with van der Waals surface area (Å²) in [7, 11) is 2.23. The molecule has 2 aliphatic heterocycles. The fourth-order valence-corrected chi connectivity index (χ4v) is 3.89. The molecule has 2 heterocycles. The summed E-state index contributed by atoms with van der Waals surface area (Å²) in [5, 5.41) is 0. The van der Waals surface area contributed by atoms with Gasteiger partial charge in [-0.15, -0.1) is 0 Å². The number of quaternary nitrogens is 2. The molecule has 1 unspecified atom stereocenters. The zero-order chi connectivity index (χ0) is 15.5. The van der Waals surface area contributed by atoms with Crippen LogP contribution >= 0.6 is 0 Å². The van der Waals surface area contributed by atoms with Crippen LogP contribution in [-0.4, -0.2) is 57.1 Å². The van der Waals surface area contributed by atoms with E-state index in [-0.39, 0.29) is 0 Å². The Bertz CT molecular complexity index is 523. The Morgan fingerprint density at radius 3 is 2.68 bits per heavy atom. The fourth-order valence-electron chi connectivity index (χ4n) is 3.89. The van der Waals surface area contributed by atoms with Crippen LogP contribution in [0, 0.1) is 0 Å². The number of likely N-dealkylation sites (N-methyl/N-ethyl adjacent to an activating group) is 2. The molecule has 0 aromatic heterocycles. The quantitative estimate of drug-likeness (QED) is 0.732. The number of fused-ring (bicyclic) bond motifs is 1. The third-order valence-corrected chi connectivity index (χ3v) is 5.52. The number of rotatable bonds is 3. The zero-order valence-electron chi connectivity index (χ0n) is 13.9. The molecular formula is C18H29N3O+2. The van der Waals surface area contributed by atoms with E-state index in [0.29, 0.717) is 18.4 Å². The number of carbonyl (C=O) groups excluding carboxylic acids is 1. The Morgan fingerprint density at radius 2 is 1.95 bits per heavy atom. The van der Waals surface area contributed by atoms with Crippen LogP contribution in [0.25, 0.3) is 0 Å². The summed E-state index contributed by atoms with van der Waals surface area (Å²) in [5.41, 5.74) is 2.82. The van der Waals surface area contributed by atoms with Gasteiger partial charge < -0.3 is 14.7 Å². The fraction of sp³-hybridized carbons (Fsp3) is 0.611. The summed E-state index contributed by atoms with van der Waals surface area (Å²) in [6.45, 7) is 8.58. The number of benzene rings is 1. The minimum Gasteiger partial charge on any atom is -0.332 e. The Kier molecular flexibility index (Phi) is 4.79. The van der Waals surface area contributed by atoms with E-state index in [9.17, 15) is 4.79 Å². The highest BCUT2D eigenvalue weighted by Gasteiger charge is 2.32. The minimum absolute atomic E-state index is 0.328. The lowest BCUT2D eigenvalue weighted by atomic mass is 9.91. The van der Waals surface area contributed by atoms with Gasteiger partial charge in [0.05, 0.1) is 52.7 Å². The van der Waals surface area contributed by atoms with Gasteiger partial charge in [-0.1, -0.05) is 24.3 Å². The van der Waals surface area contributed by atoms with Crippen molar-refractivity contribution in [2.24, 2.45) is 0 Å². The van der Waals surface area contributed by atoms with Gasteiger partial charge in [-0.25, -0.2) is 0 Å². The Balaban J connectivity index is 1.66. The second kappa shape index (κ2) is 6.80. The standard InChI is InChI=1S/C18H27N3O/c1-3-20-10-12-21(13-11-20)18(22)14-17-16-7-5-4-6-15(16)8-9-19(17)2/h4-7,17H,3,8-14H2,1-2H3/p+2/t17-/m0/s1. The third kappa shape index (κ3) is 3.18. The number of carbonyl (C=O) groups is 1. The van der Waals surface area contributed by atoms with E-state index in [1.807, 2.05) is 0 Å². The van der Waals surface area contributed by atoms with Crippen molar-refractivity contribution in [2.75, 3.05) is 46.3 Å². The van der Waals surface area contributed by atoms with E-state index in [0.717, 1.165) is 39.1 Å². The molecule has 1 saturated heterocycles. The van der Waals surface area contributed by atoms with Crippen LogP contribution in [0.15, 0.2) is 24.3 Å². The van der Waals surface area contributed by atoms with Crippen molar-refractivity contribution < 1.29 is 14.6 Å². The first-order valence-corrected chi connectivity index (χ1v) is 8.70. The number of hydrogen-bond acceptors (Lipinski definition) is 1. The largest absolute Gasteiger partial charge is 0.332 e. The molecule has 0 spiro atoms. The summed E-state index contributed by atoms with van der Waals surface area (Å²) in [6, 6.07) is 9.00. The topological polar surface area (TPSA) is 29.2 Å². The summed E-state index contributed by atoms with van der Waals surface area (Å²) in [6.07, 6.45) is 1.79. The van der Waals surface area contributed by atoms with Gasteiger partial charge in [0.2, 0.25) is 5.91 Å². The molecule has 2 N–H and O–H groups in total. The van der Waals surface area contributed by atoms with Crippen molar-refractivity contribution in [3.8, 4) is 0 Å². The lowest BCUT2D eigenvalue weighted by Crippen LogP contribution is -3.14. The van der Waals surface area contributed by atoms with Gasteiger partial charge in [0, 0.05) is 12.0 Å². The van der Waals surface area contributed by atoms with Crippen LogP contribution in [0.2, 0.25) is 0 Å². The molecule has 120 valence electrons. The van der Waals surface area contributed by atoms with Crippen LogP contribution < -0.4 is 9.80 Å². The van der Waals surface area contributed by atoms with E-state index < -0.39 is 0 Å². The van der Waals surface area contributed by atoms with Gasteiger partial charge in [-0.05, 0) is 12.5 Å². The molecule has 0 saturated carbocycles. The first-order valence-electron chi connectivity index (χ1n) is 8.70. The number of hydrogen-bond donors (Lipinski definition) is 2. The first kappa shape index (κ1) is 15.5. The van der Waals surface area contributed by atoms with Crippen molar-refractivity contribution in [3.05, 3.63) is 35.4 Å². The molecule has 0 radical (unpaired) electrons. The molecule has 2 atom stereocenters. The average molecular weight is 303 g/mol. The molecule has 1 aromatic carbocycles. The maximum absolute atomic E-state index is 12.7. The van der Waals surface area contributed by atoms with Crippen molar-refractivity contribution >= 4 is 5.91 Å². The Labute approximate surface area is 133 Å². The molecule has 22 heavy (non-hydrogen) atoms. The smallest absolute Gasteiger partial charge is 0.229 e. The molecule has 0 aliphatic carbocycles. The van der Waals surface area contributed by atoms with Gasteiger partial charge in [-0.2, -0.15) is 0 Å². The number of nitrogens with zero attached hydrogens (tertiary/aromatic N) is 1. The summed E-state index contributed by atoms with van der Waals surface area (Å²) in [4.78, 5) is 17.9. The van der Waals surface area contributed by atoms with Crippen molar-refractivity contribution in [1.29, 1.82) is 0 Å². The maximum atomic E-state index is 12.7. The number of piperazine rings is 1. The van der Waals surface area contributed by atoms with Gasteiger partial charge in [0.25, 0.3) is 0 Å². The van der Waals surface area contributed by atoms with Crippen LogP contribution in [-0.2, 0) is 11.2 Å². The second-order valence-electron chi connectivity index (χ2n) is 6.79. The lowest BCUT2D eigenvalue weighted by molar-refractivity contribution is -0.914. The minimum atomic E-state index is 0.328. The Hall–Kier alpha value is -1.39. The van der Waals surface area contributed by atoms with E-state index in [1.165, 1.54) is 22.6 Å². The summed E-state index contributed by atoms with van der Waals surface area (Å²) >= 11 is 0. The summed E-state index contributed by atoms with van der Waals surface area (Å²) in [5.74, 6) is 0.344. The van der Waals surface area contributed by atoms with Crippen molar-refractivity contribution in [2.45, 2.75) is 25.8 Å². The van der Waals surface area contributed by atoms with Crippen LogP contribution in [0.1, 0.15) is 30.5 Å². The lowest BCUT2D eigenvalue weighted by Gasteiger charge is -2.35. The molecule has 4 heteroatoms. The first-order chi connectivity index (χ1) is 10.7. The van der Waals surface area contributed by atoms with Crippen molar-refractivity contribution in [3.63, 3.8) is 0 Å². The highest BCUT2D eigenvalue weighted by molar-refractivity contribution is 5.77. The van der Waals surface area contributed by atoms with Gasteiger partial charge in [-0.3, -0.25) is 4.79 Å². The molecule has 1 amide bonds. The molecule has 3 rings (SSSR count). The van der Waals surface area contributed by atoms with Gasteiger partial charge in [0.1, 0.15) is 6.04 Å². The highest BCUT2D eigenvalue weighted by Crippen LogP contribution is 2.22. The molecule has 4 nitrogen and oxygen atoms in total. The maximum Gasteiger partial charge on any atom is 0.229 e. The number of amides is 1. The monoisotopic (exact) mass is 303 g/mol. The van der Waals surface area contributed by atoms with E-state index >= 15 is 0 Å². The molecule has 1 aromatic rings. The SMILES string of the molecule is CC[NH+]1CCN(C(=O)C[C@H]2c3ccccc3CC[NH+]2C)CC1. The zero-order valence-corrected chi connectivity index (χ0v) is 13.9. The Morgan fingerprint density at radius 1 is 1.23 bits per heavy atom. The van der Waals surface area contributed by atoms with E-state index in [2.05, 4.69) is 43.1 Å². The normalized spacial score (nSPS) is 25.8. The third-order valence-electron chi connectivity index (χ3n) is 5.52. The summed E-state index contributed by atoms with van der Waals surface area (Å²) < 4.78 is 0. The van der Waals surface area contributed by atoms with Crippen LogP contribution in [0.4, 0.5) is 0 Å². The molecule has 2 aliphatic rings. The van der Waals surface area contributed by atoms with Crippen molar-refractivity contribution in [1.82, 2.24) is 4.90 Å². The molecular weight excluding hydrogens is 274 g/mol. The molecule has 0 bridgehead atoms. The average Bonchev–Trinajstić information content (AvgIpc) is 2.57. The second-order valence-corrected chi connectivity index (χ2v) is 6.79. The predicted molar refractivity (Wildman–Crippen MR) is 87.1 cm³/mol. The van der Waals surface area contributed by atoms with E-state index in [1.54, 1.807) is 4.90 Å². The predicted octanol–water partition coefficient (Wildman–Crippen LogP) is -1.06. The van der Waals surface area contributed by atoms with E-state index in [4.69, 9.17) is 0 Å². The molecule has 1 fully saturated rings. The van der Waals surface area contributed by atoms with Gasteiger partial charge in [0.15, 0.2) is 0 Å². The number of nitrogens with one attached hydrogen (secondary N) is 2. The van der Waals surface area contributed by atoms with Crippen LogP contribution in [0.3, 0.4) is 0 Å².